The maximum absolute atomic E-state index is 14.0. The summed E-state index contributed by atoms with van der Waals surface area (Å²) in [5, 5.41) is 2.80. The average molecular weight is 604 g/mol. The van der Waals surface area contributed by atoms with Crippen LogP contribution >= 0.6 is 0 Å². The predicted molar refractivity (Wildman–Crippen MR) is 156 cm³/mol. The van der Waals surface area contributed by atoms with Gasteiger partial charge in [0, 0.05) is 13.1 Å². The van der Waals surface area contributed by atoms with Crippen LogP contribution in [0.4, 0.5) is 18.9 Å². The van der Waals surface area contributed by atoms with Crippen molar-refractivity contribution >= 4 is 27.5 Å². The molecule has 1 atom stereocenters. The largest absolute Gasteiger partial charge is 0.416 e. The fraction of sp³-hybridized carbons (Fsp3) is 0.355. The molecule has 2 amide bonds. The smallest absolute Gasteiger partial charge is 0.354 e. The summed E-state index contributed by atoms with van der Waals surface area (Å²) in [6, 6.07) is 15.9. The van der Waals surface area contributed by atoms with Crippen molar-refractivity contribution in [3.05, 3.63) is 95.1 Å². The van der Waals surface area contributed by atoms with Crippen LogP contribution in [0.2, 0.25) is 0 Å². The summed E-state index contributed by atoms with van der Waals surface area (Å²) in [6.45, 7) is 6.71. The summed E-state index contributed by atoms with van der Waals surface area (Å²) >= 11 is 0. The Balaban J connectivity index is 2.07. The highest BCUT2D eigenvalue weighted by Gasteiger charge is 2.35. The second-order valence-corrected chi connectivity index (χ2v) is 12.0. The highest BCUT2D eigenvalue weighted by Crippen LogP contribution is 2.33. The van der Waals surface area contributed by atoms with E-state index in [1.165, 1.54) is 23.1 Å². The van der Waals surface area contributed by atoms with Gasteiger partial charge in [-0.05, 0) is 68.7 Å². The molecule has 0 heterocycles. The zero-order valence-electron chi connectivity index (χ0n) is 24.1. The number of alkyl halides is 3. The molecule has 226 valence electrons. The quantitative estimate of drug-likeness (QED) is 0.263. The molecule has 0 aliphatic carbocycles. The van der Waals surface area contributed by atoms with Crippen LogP contribution in [-0.4, -0.2) is 44.3 Å². The number of benzene rings is 3. The molecule has 0 radical (unpaired) electrons. The first kappa shape index (κ1) is 32.7. The fourth-order valence-corrected chi connectivity index (χ4v) is 5.70. The Labute approximate surface area is 245 Å². The molecular weight excluding hydrogens is 567 g/mol. The molecule has 11 heteroatoms. The normalized spacial score (nSPS) is 12.5. The molecule has 0 fully saturated rings. The van der Waals surface area contributed by atoms with Crippen molar-refractivity contribution < 1.29 is 31.2 Å². The molecule has 0 aliphatic heterocycles. The van der Waals surface area contributed by atoms with Crippen molar-refractivity contribution in [3.63, 3.8) is 0 Å². The lowest BCUT2D eigenvalue weighted by molar-refractivity contribution is -0.139. The molecule has 3 aromatic carbocycles. The van der Waals surface area contributed by atoms with Crippen molar-refractivity contribution in [2.24, 2.45) is 0 Å². The monoisotopic (exact) mass is 603 g/mol. The van der Waals surface area contributed by atoms with Crippen LogP contribution in [0.15, 0.2) is 77.7 Å². The standard InChI is InChI=1S/C31H36F3N3O4S/c1-5-6-18-35-30(39)24(4)36(20-25-11-8-7-10-23(25)3)29(38)21-37(27-13-9-12-26(19-27)31(32,33)34)42(40,41)28-16-14-22(2)15-17-28/h7-17,19,24H,5-6,18,20-21H2,1-4H3,(H,35,39)/t24-/m1/s1. The van der Waals surface area contributed by atoms with Gasteiger partial charge in [-0.1, -0.05) is 61.4 Å². The van der Waals surface area contributed by atoms with Crippen LogP contribution in [0.3, 0.4) is 0 Å². The molecule has 0 aromatic heterocycles. The SMILES string of the molecule is CCCCNC(=O)[C@@H](C)N(Cc1ccccc1C)C(=O)CN(c1cccc(C(F)(F)F)c1)S(=O)(=O)c1ccc(C)cc1. The molecule has 0 aliphatic rings. The Morgan fingerprint density at radius 1 is 0.952 bits per heavy atom. The molecule has 0 bridgehead atoms. The van der Waals surface area contributed by atoms with Gasteiger partial charge in [0.15, 0.2) is 0 Å². The molecule has 3 aromatic rings. The van der Waals surface area contributed by atoms with E-state index in [1.54, 1.807) is 38.1 Å². The van der Waals surface area contributed by atoms with Crippen LogP contribution in [0.1, 0.15) is 48.9 Å². The third-order valence-electron chi connectivity index (χ3n) is 6.95. The number of carbonyl (C=O) groups excluding carboxylic acids is 2. The van der Waals surface area contributed by atoms with E-state index in [2.05, 4.69) is 5.32 Å². The Bertz CT molecular complexity index is 1490. The number of carbonyl (C=O) groups is 2. The first-order valence-corrected chi connectivity index (χ1v) is 15.1. The van der Waals surface area contributed by atoms with E-state index in [1.807, 2.05) is 26.0 Å². The summed E-state index contributed by atoms with van der Waals surface area (Å²) in [4.78, 5) is 28.1. The number of nitrogens with one attached hydrogen (secondary N) is 1. The van der Waals surface area contributed by atoms with Crippen molar-refractivity contribution in [2.75, 3.05) is 17.4 Å². The van der Waals surface area contributed by atoms with Crippen LogP contribution in [-0.2, 0) is 32.3 Å². The lowest BCUT2D eigenvalue weighted by atomic mass is 10.1. The molecule has 0 saturated carbocycles. The number of amides is 2. The predicted octanol–water partition coefficient (Wildman–Crippen LogP) is 5.85. The van der Waals surface area contributed by atoms with Crippen LogP contribution < -0.4 is 9.62 Å². The zero-order valence-corrected chi connectivity index (χ0v) is 24.9. The van der Waals surface area contributed by atoms with E-state index in [9.17, 15) is 31.2 Å². The summed E-state index contributed by atoms with van der Waals surface area (Å²) < 4.78 is 69.2. The molecule has 0 unspecified atom stereocenters. The van der Waals surface area contributed by atoms with Gasteiger partial charge in [-0.2, -0.15) is 13.2 Å². The fourth-order valence-electron chi connectivity index (χ4n) is 4.29. The van der Waals surface area contributed by atoms with E-state index in [0.29, 0.717) is 16.9 Å². The summed E-state index contributed by atoms with van der Waals surface area (Å²) in [6.07, 6.45) is -3.15. The Hall–Kier alpha value is -3.86. The van der Waals surface area contributed by atoms with Gasteiger partial charge < -0.3 is 10.2 Å². The molecule has 0 spiro atoms. The lowest BCUT2D eigenvalue weighted by Crippen LogP contribution is -2.51. The van der Waals surface area contributed by atoms with Crippen molar-refractivity contribution in [1.29, 1.82) is 0 Å². The summed E-state index contributed by atoms with van der Waals surface area (Å²) in [5.74, 6) is -1.16. The Kier molecular flexibility index (Phi) is 10.8. The molecule has 0 saturated heterocycles. The molecule has 42 heavy (non-hydrogen) atoms. The van der Waals surface area contributed by atoms with Gasteiger partial charge in [-0.15, -0.1) is 0 Å². The van der Waals surface area contributed by atoms with Crippen LogP contribution in [0, 0.1) is 13.8 Å². The summed E-state index contributed by atoms with van der Waals surface area (Å²) in [5.41, 5.74) is 0.997. The Morgan fingerprint density at radius 2 is 1.62 bits per heavy atom. The topological polar surface area (TPSA) is 86.8 Å². The van der Waals surface area contributed by atoms with Gasteiger partial charge in [0.25, 0.3) is 10.0 Å². The minimum absolute atomic E-state index is 0.00508. The maximum Gasteiger partial charge on any atom is 0.416 e. The second kappa shape index (κ2) is 13.9. The number of unbranched alkanes of at least 4 members (excludes halogenated alkanes) is 1. The number of rotatable bonds is 12. The molecule has 7 nitrogen and oxygen atoms in total. The number of anilines is 1. The van der Waals surface area contributed by atoms with E-state index in [0.717, 1.165) is 41.7 Å². The van der Waals surface area contributed by atoms with Gasteiger partial charge >= 0.3 is 6.18 Å². The summed E-state index contributed by atoms with van der Waals surface area (Å²) in [7, 11) is -4.49. The maximum atomic E-state index is 14.0. The van der Waals surface area contributed by atoms with E-state index < -0.39 is 46.2 Å². The third kappa shape index (κ3) is 8.12. The van der Waals surface area contributed by atoms with Crippen LogP contribution in [0.25, 0.3) is 0 Å². The number of halogens is 3. The van der Waals surface area contributed by atoms with Gasteiger partial charge in [-0.3, -0.25) is 13.9 Å². The molecular formula is C31H36F3N3O4S. The number of hydrogen-bond donors (Lipinski definition) is 1. The van der Waals surface area contributed by atoms with E-state index in [-0.39, 0.29) is 17.1 Å². The van der Waals surface area contributed by atoms with Gasteiger partial charge in [-0.25, -0.2) is 8.42 Å². The first-order valence-electron chi connectivity index (χ1n) is 13.6. The molecule has 3 rings (SSSR count). The van der Waals surface area contributed by atoms with Crippen molar-refractivity contribution in [2.45, 2.75) is 64.2 Å². The average Bonchev–Trinajstić information content (AvgIpc) is 2.94. The van der Waals surface area contributed by atoms with Crippen molar-refractivity contribution in [3.8, 4) is 0 Å². The number of aryl methyl sites for hydroxylation is 2. The van der Waals surface area contributed by atoms with Gasteiger partial charge in [0.1, 0.15) is 12.6 Å². The minimum atomic E-state index is -4.73. The number of sulfonamides is 1. The highest BCUT2D eigenvalue weighted by molar-refractivity contribution is 7.92. The highest BCUT2D eigenvalue weighted by atomic mass is 32.2. The van der Waals surface area contributed by atoms with E-state index in [4.69, 9.17) is 0 Å². The first-order chi connectivity index (χ1) is 19.8. The lowest BCUT2D eigenvalue weighted by Gasteiger charge is -2.32. The second-order valence-electron chi connectivity index (χ2n) is 10.1. The van der Waals surface area contributed by atoms with Crippen LogP contribution in [0.5, 0.6) is 0 Å². The Morgan fingerprint density at radius 3 is 2.24 bits per heavy atom. The minimum Gasteiger partial charge on any atom is -0.354 e. The third-order valence-corrected chi connectivity index (χ3v) is 8.74. The number of nitrogens with zero attached hydrogens (tertiary/aromatic N) is 2. The molecule has 1 N–H and O–H groups in total. The number of hydrogen-bond acceptors (Lipinski definition) is 4. The zero-order chi connectivity index (χ0) is 31.1. The van der Waals surface area contributed by atoms with Gasteiger partial charge in [0.2, 0.25) is 11.8 Å². The van der Waals surface area contributed by atoms with Crippen molar-refractivity contribution in [1.82, 2.24) is 10.2 Å². The van der Waals surface area contributed by atoms with E-state index >= 15 is 0 Å². The van der Waals surface area contributed by atoms with Gasteiger partial charge in [0.05, 0.1) is 16.1 Å².